The number of rotatable bonds is 13. The largest absolute Gasteiger partial charge is 0.465 e. The van der Waals surface area contributed by atoms with Crippen molar-refractivity contribution in [2.75, 3.05) is 0 Å². The van der Waals surface area contributed by atoms with Crippen LogP contribution >= 0.6 is 0 Å². The molecule has 5 N–H and O–H groups in total. The van der Waals surface area contributed by atoms with E-state index in [1.165, 1.54) is 0 Å². The first-order valence-corrected chi connectivity index (χ1v) is 13.4. The van der Waals surface area contributed by atoms with Crippen LogP contribution < -0.4 is 16.0 Å². The van der Waals surface area contributed by atoms with Gasteiger partial charge in [-0.3, -0.25) is 4.79 Å². The minimum Gasteiger partial charge on any atom is -0.465 e. The third kappa shape index (κ3) is 11.8. The van der Waals surface area contributed by atoms with Gasteiger partial charge in [0.2, 0.25) is 5.91 Å². The summed E-state index contributed by atoms with van der Waals surface area (Å²) in [5.74, 6) is -0.762. The number of carbonyl (C=O) groups is 3. The molecular weight excluding hydrogens is 498 g/mol. The molecule has 0 saturated carbocycles. The number of benzene rings is 2. The lowest BCUT2D eigenvalue weighted by molar-refractivity contribution is -0.125. The minimum absolute atomic E-state index is 0.131. The molecule has 3 amide bonds. The number of alkyl carbamates (subject to hydrolysis) is 1. The van der Waals surface area contributed by atoms with Crippen LogP contribution in [0.3, 0.4) is 0 Å². The van der Waals surface area contributed by atoms with Crippen LogP contribution in [0.2, 0.25) is 0 Å². The van der Waals surface area contributed by atoms with E-state index in [9.17, 15) is 24.6 Å². The van der Waals surface area contributed by atoms with Crippen LogP contribution in [0.25, 0.3) is 0 Å². The Hall–Kier alpha value is -3.59. The summed E-state index contributed by atoms with van der Waals surface area (Å²) in [6, 6.07) is 16.8. The van der Waals surface area contributed by atoms with Crippen molar-refractivity contribution in [3.05, 3.63) is 71.8 Å². The molecule has 0 unspecified atom stereocenters. The Bertz CT molecular complexity index is 1040. The van der Waals surface area contributed by atoms with E-state index in [0.29, 0.717) is 19.3 Å². The van der Waals surface area contributed by atoms with Crippen molar-refractivity contribution >= 4 is 18.1 Å². The van der Waals surface area contributed by atoms with Crippen molar-refractivity contribution in [3.8, 4) is 0 Å². The van der Waals surface area contributed by atoms with Gasteiger partial charge in [-0.1, -0.05) is 80.9 Å². The molecule has 2 rings (SSSR count). The van der Waals surface area contributed by atoms with Crippen molar-refractivity contribution in [3.63, 3.8) is 0 Å². The lowest BCUT2D eigenvalue weighted by Gasteiger charge is -2.31. The van der Waals surface area contributed by atoms with Gasteiger partial charge in [0.15, 0.2) is 0 Å². The highest BCUT2D eigenvalue weighted by Crippen LogP contribution is 2.16. The lowest BCUT2D eigenvalue weighted by Crippen LogP contribution is -2.56. The maximum absolute atomic E-state index is 13.3. The van der Waals surface area contributed by atoms with Crippen molar-refractivity contribution in [2.45, 2.75) is 90.1 Å². The van der Waals surface area contributed by atoms with Gasteiger partial charge in [-0.05, 0) is 57.1 Å². The monoisotopic (exact) mass is 541 g/mol. The number of hydrogen-bond donors (Lipinski definition) is 5. The smallest absolute Gasteiger partial charge is 0.407 e. The van der Waals surface area contributed by atoms with Gasteiger partial charge in [0.1, 0.15) is 11.6 Å². The summed E-state index contributed by atoms with van der Waals surface area (Å²) in [5, 5.41) is 28.8. The molecular formula is C30H43N3O6. The van der Waals surface area contributed by atoms with Crippen molar-refractivity contribution in [1.29, 1.82) is 0 Å². The number of carboxylic acid groups (broad SMARTS) is 1. The second-order valence-electron chi connectivity index (χ2n) is 11.0. The number of aliphatic hydroxyl groups is 1. The van der Waals surface area contributed by atoms with Crippen LogP contribution in [-0.2, 0) is 22.4 Å². The summed E-state index contributed by atoms with van der Waals surface area (Å²) in [6.45, 7) is 9.00. The summed E-state index contributed by atoms with van der Waals surface area (Å²) >= 11 is 0. The summed E-state index contributed by atoms with van der Waals surface area (Å²) in [5.41, 5.74) is 1.18. The molecule has 2 aromatic rings. The van der Waals surface area contributed by atoms with E-state index in [1.807, 2.05) is 67.6 Å². The van der Waals surface area contributed by atoms with Crippen LogP contribution in [-0.4, -0.2) is 58.1 Å². The van der Waals surface area contributed by atoms with Crippen molar-refractivity contribution < 1.29 is 29.3 Å². The number of hydrogen-bond acceptors (Lipinski definition) is 5. The third-order valence-corrected chi connectivity index (χ3v) is 6.44. The number of carbonyl (C=O) groups excluding carboxylic acids is 2. The Morgan fingerprint density at radius 3 is 1.90 bits per heavy atom. The number of amides is 3. The predicted molar refractivity (Wildman–Crippen MR) is 150 cm³/mol. The van der Waals surface area contributed by atoms with Gasteiger partial charge < -0.3 is 30.9 Å². The molecule has 0 spiro atoms. The van der Waals surface area contributed by atoms with E-state index in [1.54, 1.807) is 27.7 Å². The van der Waals surface area contributed by atoms with Crippen LogP contribution in [0.15, 0.2) is 60.7 Å². The fourth-order valence-corrected chi connectivity index (χ4v) is 4.28. The quantitative estimate of drug-likeness (QED) is 0.257. The highest BCUT2D eigenvalue weighted by Gasteiger charge is 2.32. The van der Waals surface area contributed by atoms with E-state index in [2.05, 4.69) is 16.0 Å². The van der Waals surface area contributed by atoms with Gasteiger partial charge in [0.25, 0.3) is 0 Å². The number of aliphatic hydroxyl groups excluding tert-OH is 1. The molecule has 0 bridgehead atoms. The molecule has 0 aromatic heterocycles. The van der Waals surface area contributed by atoms with Crippen LogP contribution in [0.4, 0.5) is 9.59 Å². The maximum Gasteiger partial charge on any atom is 0.407 e. The molecule has 0 aliphatic heterocycles. The average Bonchev–Trinajstić information content (AvgIpc) is 2.86. The maximum atomic E-state index is 13.3. The van der Waals surface area contributed by atoms with Crippen LogP contribution in [0, 0.1) is 5.92 Å². The van der Waals surface area contributed by atoms with E-state index in [-0.39, 0.29) is 12.3 Å². The Morgan fingerprint density at radius 1 is 0.872 bits per heavy atom. The first-order chi connectivity index (χ1) is 18.4. The molecule has 2 aromatic carbocycles. The first-order valence-electron chi connectivity index (χ1n) is 13.4. The molecule has 0 fully saturated rings. The van der Waals surface area contributed by atoms with E-state index >= 15 is 0 Å². The number of nitrogens with one attached hydrogen (secondary N) is 3. The second kappa shape index (κ2) is 15.1. The molecule has 0 radical (unpaired) electrons. The summed E-state index contributed by atoms with van der Waals surface area (Å²) < 4.78 is 5.45. The highest BCUT2D eigenvalue weighted by atomic mass is 16.6. The Morgan fingerprint density at radius 2 is 1.41 bits per heavy atom. The van der Waals surface area contributed by atoms with Gasteiger partial charge >= 0.3 is 12.2 Å². The van der Waals surface area contributed by atoms with Gasteiger partial charge in [-0.15, -0.1) is 0 Å². The molecule has 9 nitrogen and oxygen atoms in total. The topological polar surface area (TPSA) is 137 Å². The van der Waals surface area contributed by atoms with Crippen LogP contribution in [0.5, 0.6) is 0 Å². The fourth-order valence-electron chi connectivity index (χ4n) is 4.28. The van der Waals surface area contributed by atoms with Crippen molar-refractivity contribution in [2.24, 2.45) is 5.92 Å². The summed E-state index contributed by atoms with van der Waals surface area (Å²) in [6.07, 6.45) is -1.46. The highest BCUT2D eigenvalue weighted by molar-refractivity contribution is 5.85. The summed E-state index contributed by atoms with van der Waals surface area (Å²) in [4.78, 5) is 37.3. The molecule has 0 aliphatic rings. The number of ether oxygens (including phenoxy) is 1. The summed E-state index contributed by atoms with van der Waals surface area (Å²) in [7, 11) is 0. The lowest BCUT2D eigenvalue weighted by atomic mass is 9.92. The molecule has 214 valence electrons. The van der Waals surface area contributed by atoms with Crippen LogP contribution in [0.1, 0.15) is 58.6 Å². The molecule has 39 heavy (non-hydrogen) atoms. The van der Waals surface area contributed by atoms with E-state index < -0.39 is 47.9 Å². The fraction of sp³-hybridized carbons (Fsp3) is 0.500. The third-order valence-electron chi connectivity index (χ3n) is 6.44. The molecule has 0 saturated heterocycles. The van der Waals surface area contributed by atoms with Crippen molar-refractivity contribution in [1.82, 2.24) is 16.0 Å². The average molecular weight is 542 g/mol. The minimum atomic E-state index is -1.29. The van der Waals surface area contributed by atoms with Gasteiger partial charge in [-0.25, -0.2) is 9.59 Å². The SMILES string of the molecule is CC[C@H](C)[C@H](NC(=O)O)C(=O)N[C@@H](Cc1ccccc1)[C@@H](O)C[C@H](Cc1ccccc1)NC(=O)OC(C)(C)C. The van der Waals surface area contributed by atoms with Gasteiger partial charge in [-0.2, -0.15) is 0 Å². The first kappa shape index (κ1) is 31.6. The Balaban J connectivity index is 2.29. The Kier molecular flexibility index (Phi) is 12.3. The standard InChI is InChI=1S/C30H43N3O6/c1-6-20(2)26(33-28(36)37)27(35)32-24(18-22-15-11-8-12-16-22)25(34)19-23(17-21-13-9-7-10-14-21)31-29(38)39-30(3,4)5/h7-16,20,23-26,33-34H,6,17-19H2,1-5H3,(H,31,38)(H,32,35)(H,36,37)/t20-,23-,24-,25-,26-/m0/s1. The predicted octanol–water partition coefficient (Wildman–Crippen LogP) is 4.28. The van der Waals surface area contributed by atoms with Gasteiger partial charge in [0, 0.05) is 6.04 Å². The second-order valence-corrected chi connectivity index (χ2v) is 11.0. The van der Waals surface area contributed by atoms with E-state index in [4.69, 9.17) is 4.74 Å². The zero-order valence-corrected chi connectivity index (χ0v) is 23.5. The molecule has 5 atom stereocenters. The molecule has 0 heterocycles. The normalized spacial score (nSPS) is 15.2. The molecule has 0 aliphatic carbocycles. The Labute approximate surface area is 231 Å². The molecule has 9 heteroatoms. The van der Waals surface area contributed by atoms with Gasteiger partial charge in [0.05, 0.1) is 12.1 Å². The zero-order chi connectivity index (χ0) is 29.0. The zero-order valence-electron chi connectivity index (χ0n) is 23.5. The van der Waals surface area contributed by atoms with E-state index in [0.717, 1.165) is 11.1 Å².